The second kappa shape index (κ2) is 10.9. The van der Waals surface area contributed by atoms with Crippen LogP contribution >= 0.6 is 15.6 Å². The largest absolute Gasteiger partial charge is 0.489 e. The van der Waals surface area contributed by atoms with Gasteiger partial charge in [0.25, 0.3) is 0 Å². The lowest BCUT2D eigenvalue weighted by atomic mass is 10.1. The fraction of sp³-hybridized carbons (Fsp3) is 0.375. The molecule has 1 rings (SSSR count). The molecule has 0 aliphatic heterocycles. The molecule has 1 atom stereocenters. The maximum Gasteiger partial charge on any atom is 0.481 e. The molecular weight excluding hydrogens is 401 g/mol. The molecular formula is C16H23FO8P2. The Balaban J connectivity index is 2.34. The minimum atomic E-state index is -5.11. The molecule has 0 radical (unpaired) electrons. The highest BCUT2D eigenvalue weighted by molar-refractivity contribution is 7.60. The molecule has 0 saturated heterocycles. The van der Waals surface area contributed by atoms with Gasteiger partial charge >= 0.3 is 15.6 Å². The van der Waals surface area contributed by atoms with E-state index in [2.05, 4.69) is 8.83 Å². The van der Waals surface area contributed by atoms with Gasteiger partial charge in [-0.25, -0.2) is 13.5 Å². The average molecular weight is 424 g/mol. The van der Waals surface area contributed by atoms with Gasteiger partial charge in [0.05, 0.1) is 6.61 Å². The summed E-state index contributed by atoms with van der Waals surface area (Å²) in [5.41, 5.74) is 1.81. The van der Waals surface area contributed by atoms with Crippen LogP contribution < -0.4 is 4.74 Å². The maximum absolute atomic E-state index is 13.0. The SMILES string of the molecule is C/C(=C\COP(=O)(O)OP(=O)(O)O)CC/C=C(\C)COc1cccc(F)c1. The van der Waals surface area contributed by atoms with Crippen molar-refractivity contribution in [2.75, 3.05) is 13.2 Å². The van der Waals surface area contributed by atoms with Crippen LogP contribution in [-0.4, -0.2) is 27.9 Å². The van der Waals surface area contributed by atoms with E-state index in [1.165, 1.54) is 18.2 Å². The van der Waals surface area contributed by atoms with Crippen molar-refractivity contribution < 1.29 is 41.8 Å². The standard InChI is InChI=1S/C16H23FO8P2/c1-13(9-10-24-27(21,22)25-26(18,19)20)5-3-6-14(2)12-23-16-8-4-7-15(17)11-16/h4,6-9,11H,3,5,10,12H2,1-2H3,(H,21,22)(H2,18,19,20)/b13-9+,14-6+. The predicted octanol–water partition coefficient (Wildman–Crippen LogP) is 4.10. The molecule has 27 heavy (non-hydrogen) atoms. The van der Waals surface area contributed by atoms with Crippen molar-refractivity contribution in [2.24, 2.45) is 0 Å². The third kappa shape index (κ3) is 11.9. The molecule has 0 amide bonds. The summed E-state index contributed by atoms with van der Waals surface area (Å²) in [6.07, 6.45) is 4.77. The zero-order chi connectivity index (χ0) is 20.5. The molecule has 0 fully saturated rings. The van der Waals surface area contributed by atoms with Gasteiger partial charge in [-0.15, -0.1) is 0 Å². The van der Waals surface area contributed by atoms with E-state index >= 15 is 0 Å². The van der Waals surface area contributed by atoms with Gasteiger partial charge < -0.3 is 19.4 Å². The number of phosphoric ester groups is 1. The lowest BCUT2D eigenvalue weighted by molar-refractivity contribution is 0.191. The van der Waals surface area contributed by atoms with Crippen molar-refractivity contribution in [3.63, 3.8) is 0 Å². The number of allylic oxidation sites excluding steroid dienone is 2. The van der Waals surface area contributed by atoms with Crippen LogP contribution in [0, 0.1) is 5.82 Å². The molecule has 1 aromatic rings. The molecule has 11 heteroatoms. The normalized spacial score (nSPS) is 15.5. The fourth-order valence-electron chi connectivity index (χ4n) is 1.89. The average Bonchev–Trinajstić information content (AvgIpc) is 2.50. The topological polar surface area (TPSA) is 123 Å². The zero-order valence-corrected chi connectivity index (χ0v) is 16.7. The fourth-order valence-corrected chi connectivity index (χ4v) is 3.42. The van der Waals surface area contributed by atoms with Crippen LogP contribution in [-0.2, 0) is 18.0 Å². The smallest absolute Gasteiger partial charge is 0.481 e. The van der Waals surface area contributed by atoms with E-state index in [0.717, 1.165) is 11.1 Å². The molecule has 3 N–H and O–H groups in total. The third-order valence-corrected chi connectivity index (χ3v) is 5.32. The van der Waals surface area contributed by atoms with Crippen LogP contribution in [0.4, 0.5) is 4.39 Å². The first-order chi connectivity index (χ1) is 12.5. The molecule has 8 nitrogen and oxygen atoms in total. The highest BCUT2D eigenvalue weighted by Crippen LogP contribution is 2.57. The number of hydrogen-bond donors (Lipinski definition) is 3. The first-order valence-electron chi connectivity index (χ1n) is 7.91. The van der Waals surface area contributed by atoms with Gasteiger partial charge in [-0.3, -0.25) is 4.52 Å². The van der Waals surface area contributed by atoms with Gasteiger partial charge in [0, 0.05) is 6.07 Å². The van der Waals surface area contributed by atoms with Crippen LogP contribution in [0.15, 0.2) is 47.6 Å². The van der Waals surface area contributed by atoms with Gasteiger partial charge in [-0.05, 0) is 44.4 Å². The summed E-state index contributed by atoms with van der Waals surface area (Å²) in [7, 11) is -9.93. The molecule has 0 heterocycles. The Hall–Kier alpha value is -1.31. The van der Waals surface area contributed by atoms with E-state index in [9.17, 15) is 13.5 Å². The molecule has 0 aliphatic carbocycles. The van der Waals surface area contributed by atoms with Gasteiger partial charge in [0.15, 0.2) is 0 Å². The quantitative estimate of drug-likeness (QED) is 0.358. The summed E-state index contributed by atoms with van der Waals surface area (Å²) in [5.74, 6) is 0.0812. The lowest BCUT2D eigenvalue weighted by Crippen LogP contribution is -1.99. The van der Waals surface area contributed by atoms with Crippen molar-refractivity contribution in [1.82, 2.24) is 0 Å². The number of benzene rings is 1. The van der Waals surface area contributed by atoms with Crippen LogP contribution in [0.1, 0.15) is 26.7 Å². The monoisotopic (exact) mass is 424 g/mol. The Morgan fingerprint density at radius 2 is 1.85 bits per heavy atom. The van der Waals surface area contributed by atoms with Crippen molar-refractivity contribution in [2.45, 2.75) is 26.7 Å². The second-order valence-corrected chi connectivity index (χ2v) is 8.55. The number of rotatable bonds is 11. The van der Waals surface area contributed by atoms with Crippen molar-refractivity contribution in [3.8, 4) is 5.75 Å². The van der Waals surface area contributed by atoms with Crippen molar-refractivity contribution >= 4 is 15.6 Å². The third-order valence-electron chi connectivity index (χ3n) is 3.17. The van der Waals surface area contributed by atoms with Gasteiger partial charge in [0.2, 0.25) is 0 Å². The van der Waals surface area contributed by atoms with Crippen molar-refractivity contribution in [3.05, 3.63) is 53.4 Å². The summed E-state index contributed by atoms with van der Waals surface area (Å²) < 4.78 is 48.4. The molecule has 1 unspecified atom stereocenters. The first-order valence-corrected chi connectivity index (χ1v) is 10.9. The van der Waals surface area contributed by atoms with Crippen LogP contribution in [0.2, 0.25) is 0 Å². The minimum Gasteiger partial charge on any atom is -0.489 e. The summed E-state index contributed by atoms with van der Waals surface area (Å²) in [4.78, 5) is 26.1. The van der Waals surface area contributed by atoms with Crippen molar-refractivity contribution in [1.29, 1.82) is 0 Å². The number of halogens is 1. The summed E-state index contributed by atoms with van der Waals surface area (Å²) >= 11 is 0. The molecule has 1 aromatic carbocycles. The van der Waals surface area contributed by atoms with E-state index in [0.29, 0.717) is 25.2 Å². The molecule has 0 bridgehead atoms. The summed E-state index contributed by atoms with van der Waals surface area (Å²) in [5, 5.41) is 0. The number of ether oxygens (including phenoxy) is 1. The highest BCUT2D eigenvalue weighted by Gasteiger charge is 2.31. The van der Waals surface area contributed by atoms with Crippen LogP contribution in [0.5, 0.6) is 5.75 Å². The van der Waals surface area contributed by atoms with E-state index in [4.69, 9.17) is 19.4 Å². The molecule has 152 valence electrons. The Morgan fingerprint density at radius 3 is 2.48 bits per heavy atom. The van der Waals surface area contributed by atoms with E-state index in [1.54, 1.807) is 19.1 Å². The van der Waals surface area contributed by atoms with Crippen LogP contribution in [0.25, 0.3) is 0 Å². The van der Waals surface area contributed by atoms with Crippen LogP contribution in [0.3, 0.4) is 0 Å². The van der Waals surface area contributed by atoms with Gasteiger partial charge in [-0.1, -0.05) is 23.8 Å². The summed E-state index contributed by atoms with van der Waals surface area (Å²) in [6, 6.07) is 5.87. The minimum absolute atomic E-state index is 0.322. The Kier molecular flexibility index (Phi) is 9.56. The van der Waals surface area contributed by atoms with E-state index in [1.807, 2.05) is 13.0 Å². The molecule has 0 aromatic heterocycles. The van der Waals surface area contributed by atoms with Gasteiger partial charge in [0.1, 0.15) is 18.2 Å². The summed E-state index contributed by atoms with van der Waals surface area (Å²) in [6.45, 7) is 3.65. The molecule has 0 spiro atoms. The predicted molar refractivity (Wildman–Crippen MR) is 97.5 cm³/mol. The Bertz CT molecular complexity index is 771. The van der Waals surface area contributed by atoms with E-state index in [-0.39, 0.29) is 12.4 Å². The van der Waals surface area contributed by atoms with Gasteiger partial charge in [-0.2, -0.15) is 4.31 Å². The highest BCUT2D eigenvalue weighted by atomic mass is 31.3. The molecule has 0 saturated carbocycles. The lowest BCUT2D eigenvalue weighted by Gasteiger charge is -2.11. The second-order valence-electron chi connectivity index (χ2n) is 5.72. The molecule has 0 aliphatic rings. The zero-order valence-electron chi connectivity index (χ0n) is 14.9. The first kappa shape index (κ1) is 23.7. The Morgan fingerprint density at radius 1 is 1.15 bits per heavy atom. The number of hydrogen-bond acceptors (Lipinski definition) is 5. The maximum atomic E-state index is 13.0. The Labute approximate surface area is 157 Å². The van der Waals surface area contributed by atoms with E-state index < -0.39 is 15.6 Å². The number of phosphoric acid groups is 2.